The molecule has 1 atom stereocenters. The van der Waals surface area contributed by atoms with E-state index in [4.69, 9.17) is 5.84 Å². The zero-order valence-corrected chi connectivity index (χ0v) is 12.6. The van der Waals surface area contributed by atoms with Crippen molar-refractivity contribution >= 4 is 5.91 Å². The lowest BCUT2D eigenvalue weighted by molar-refractivity contribution is -0.138. The van der Waals surface area contributed by atoms with Crippen LogP contribution in [0.25, 0.3) is 0 Å². The average molecular weight is 331 g/mol. The highest BCUT2D eigenvalue weighted by atomic mass is 19.4. The minimum Gasteiger partial charge on any atom is -0.296 e. The molecule has 2 N–H and O–H groups in total. The predicted molar refractivity (Wildman–Crippen MR) is 74.9 cm³/mol. The number of hydrogen-bond donors (Lipinski definition) is 1. The van der Waals surface area contributed by atoms with Crippen molar-refractivity contribution in [1.82, 2.24) is 9.91 Å². The normalized spacial score (nSPS) is 25.3. The first kappa shape index (κ1) is 16.2. The van der Waals surface area contributed by atoms with Crippen LogP contribution in [0.15, 0.2) is 12.1 Å². The molecule has 126 valence electrons. The van der Waals surface area contributed by atoms with E-state index in [0.29, 0.717) is 18.5 Å². The van der Waals surface area contributed by atoms with Gasteiger partial charge in [-0.15, -0.1) is 0 Å². The zero-order valence-electron chi connectivity index (χ0n) is 12.6. The Balaban J connectivity index is 1.95. The summed E-state index contributed by atoms with van der Waals surface area (Å²) < 4.78 is 53.7. The van der Waals surface area contributed by atoms with E-state index in [1.807, 2.05) is 0 Å². The van der Waals surface area contributed by atoms with E-state index < -0.39 is 23.3 Å². The summed E-state index contributed by atoms with van der Waals surface area (Å²) in [6, 6.07) is 2.48. The number of rotatable bonds is 2. The first-order valence-electron chi connectivity index (χ1n) is 7.28. The van der Waals surface area contributed by atoms with Gasteiger partial charge >= 0.3 is 6.18 Å². The molecule has 8 heteroatoms. The number of fused-ring (bicyclic) bond motifs is 1. The lowest BCUT2D eigenvalue weighted by atomic mass is 9.98. The van der Waals surface area contributed by atoms with E-state index in [0.717, 1.165) is 11.1 Å². The SMILES string of the molecule is CC1(F)CCN(Cc2cc3c(c(C(F)(F)F)c2)CN(N)C3=O)C1. The van der Waals surface area contributed by atoms with E-state index >= 15 is 0 Å². The van der Waals surface area contributed by atoms with Crippen molar-refractivity contribution in [2.24, 2.45) is 5.84 Å². The van der Waals surface area contributed by atoms with Crippen LogP contribution in [0.1, 0.15) is 40.4 Å². The lowest BCUT2D eigenvalue weighted by Crippen LogP contribution is -2.30. The quantitative estimate of drug-likeness (QED) is 0.515. The van der Waals surface area contributed by atoms with Gasteiger partial charge in [0.05, 0.1) is 12.1 Å². The van der Waals surface area contributed by atoms with Gasteiger partial charge in [-0.05, 0) is 36.6 Å². The fraction of sp³-hybridized carbons (Fsp3) is 0.533. The Kier molecular flexibility index (Phi) is 3.64. The van der Waals surface area contributed by atoms with Gasteiger partial charge in [-0.3, -0.25) is 14.7 Å². The summed E-state index contributed by atoms with van der Waals surface area (Å²) >= 11 is 0. The Labute approximate surface area is 130 Å². The van der Waals surface area contributed by atoms with E-state index in [9.17, 15) is 22.4 Å². The van der Waals surface area contributed by atoms with Crippen molar-refractivity contribution in [3.63, 3.8) is 0 Å². The van der Waals surface area contributed by atoms with Crippen LogP contribution in [0, 0.1) is 0 Å². The molecule has 23 heavy (non-hydrogen) atoms. The number of halogens is 4. The number of hydrazine groups is 1. The molecule has 0 spiro atoms. The maximum atomic E-state index is 13.9. The topological polar surface area (TPSA) is 49.6 Å². The molecule has 0 radical (unpaired) electrons. The van der Waals surface area contributed by atoms with Gasteiger partial charge in [0.15, 0.2) is 0 Å². The molecule has 4 nitrogen and oxygen atoms in total. The van der Waals surface area contributed by atoms with Crippen molar-refractivity contribution < 1.29 is 22.4 Å². The number of carbonyl (C=O) groups excluding carboxylic acids is 1. The van der Waals surface area contributed by atoms with Crippen molar-refractivity contribution in [2.75, 3.05) is 13.1 Å². The second kappa shape index (κ2) is 5.17. The van der Waals surface area contributed by atoms with Crippen LogP contribution in [0.5, 0.6) is 0 Å². The van der Waals surface area contributed by atoms with Gasteiger partial charge in [0.2, 0.25) is 0 Å². The first-order valence-corrected chi connectivity index (χ1v) is 7.28. The third-order valence-corrected chi connectivity index (χ3v) is 4.34. The Morgan fingerprint density at radius 2 is 2.04 bits per heavy atom. The molecule has 1 amide bonds. The minimum absolute atomic E-state index is 0.0143. The Morgan fingerprint density at radius 1 is 1.35 bits per heavy atom. The lowest BCUT2D eigenvalue weighted by Gasteiger charge is -2.19. The van der Waals surface area contributed by atoms with Crippen LogP contribution in [-0.2, 0) is 19.3 Å². The van der Waals surface area contributed by atoms with Crippen LogP contribution in [-0.4, -0.2) is 34.6 Å². The molecule has 1 unspecified atom stereocenters. The highest BCUT2D eigenvalue weighted by Crippen LogP contribution is 2.38. The summed E-state index contributed by atoms with van der Waals surface area (Å²) in [7, 11) is 0. The van der Waals surface area contributed by atoms with Gasteiger partial charge in [0, 0.05) is 25.2 Å². The molecule has 2 aliphatic heterocycles. The van der Waals surface area contributed by atoms with E-state index in [1.165, 1.54) is 13.0 Å². The molecule has 1 fully saturated rings. The van der Waals surface area contributed by atoms with Crippen molar-refractivity contribution in [3.05, 3.63) is 34.4 Å². The van der Waals surface area contributed by atoms with Crippen molar-refractivity contribution in [2.45, 2.75) is 38.3 Å². The molecule has 2 heterocycles. The summed E-state index contributed by atoms with van der Waals surface area (Å²) in [5.41, 5.74) is -1.93. The third-order valence-electron chi connectivity index (χ3n) is 4.34. The summed E-state index contributed by atoms with van der Waals surface area (Å²) in [6.07, 6.45) is -4.22. The maximum absolute atomic E-state index is 13.9. The van der Waals surface area contributed by atoms with Crippen LogP contribution in [0.2, 0.25) is 0 Å². The number of likely N-dealkylation sites (tertiary alicyclic amines) is 1. The number of hydrogen-bond acceptors (Lipinski definition) is 3. The van der Waals surface area contributed by atoms with E-state index in [2.05, 4.69) is 0 Å². The molecule has 1 aromatic carbocycles. The van der Waals surface area contributed by atoms with Crippen LogP contribution in [0.3, 0.4) is 0 Å². The fourth-order valence-corrected chi connectivity index (χ4v) is 3.24. The number of nitrogens with zero attached hydrogens (tertiary/aromatic N) is 2. The highest BCUT2D eigenvalue weighted by Gasteiger charge is 2.40. The molecular weight excluding hydrogens is 314 g/mol. The summed E-state index contributed by atoms with van der Waals surface area (Å²) in [5.74, 6) is 4.83. The molecule has 0 aromatic heterocycles. The zero-order chi connectivity index (χ0) is 17.0. The Hall–Kier alpha value is -1.67. The molecule has 0 bridgehead atoms. The minimum atomic E-state index is -4.56. The molecule has 1 saturated heterocycles. The number of carbonyl (C=O) groups is 1. The molecular formula is C15H17F4N3O. The van der Waals surface area contributed by atoms with Gasteiger partial charge in [0.25, 0.3) is 5.91 Å². The van der Waals surface area contributed by atoms with Gasteiger partial charge in [-0.25, -0.2) is 10.2 Å². The van der Waals surface area contributed by atoms with Crippen LogP contribution >= 0.6 is 0 Å². The third kappa shape index (κ3) is 3.05. The molecule has 0 aliphatic carbocycles. The largest absolute Gasteiger partial charge is 0.416 e. The summed E-state index contributed by atoms with van der Waals surface area (Å²) in [6.45, 7) is 2.04. The maximum Gasteiger partial charge on any atom is 0.416 e. The molecule has 3 rings (SSSR count). The van der Waals surface area contributed by atoms with Crippen molar-refractivity contribution in [1.29, 1.82) is 0 Å². The van der Waals surface area contributed by atoms with Gasteiger partial charge in [-0.2, -0.15) is 13.2 Å². The van der Waals surface area contributed by atoms with E-state index in [-0.39, 0.29) is 30.8 Å². The number of amides is 1. The van der Waals surface area contributed by atoms with Gasteiger partial charge in [-0.1, -0.05) is 0 Å². The first-order chi connectivity index (χ1) is 10.6. The Bertz CT molecular complexity index is 657. The van der Waals surface area contributed by atoms with Crippen LogP contribution in [0.4, 0.5) is 17.6 Å². The second-order valence-electron chi connectivity index (χ2n) is 6.47. The highest BCUT2D eigenvalue weighted by molar-refractivity contribution is 5.98. The Morgan fingerprint density at radius 3 is 2.61 bits per heavy atom. The smallest absolute Gasteiger partial charge is 0.296 e. The average Bonchev–Trinajstić information content (AvgIpc) is 2.89. The standard InChI is InChI=1S/C15H17F4N3O/c1-14(16)2-3-21(8-14)6-9-4-10-11(7-22(20)13(10)23)12(5-9)15(17,18)19/h4-5H,2-3,6-8,20H2,1H3. The van der Waals surface area contributed by atoms with E-state index in [1.54, 1.807) is 4.90 Å². The summed E-state index contributed by atoms with van der Waals surface area (Å²) in [4.78, 5) is 13.7. The monoisotopic (exact) mass is 331 g/mol. The molecule has 0 saturated carbocycles. The van der Waals surface area contributed by atoms with Crippen LogP contribution < -0.4 is 5.84 Å². The second-order valence-corrected chi connectivity index (χ2v) is 6.47. The molecule has 2 aliphatic rings. The van der Waals surface area contributed by atoms with Gasteiger partial charge in [0.1, 0.15) is 5.67 Å². The number of alkyl halides is 4. The summed E-state index contributed by atoms with van der Waals surface area (Å²) in [5, 5.41) is 0.776. The number of benzene rings is 1. The molecule has 1 aromatic rings. The fourth-order valence-electron chi connectivity index (χ4n) is 3.24. The van der Waals surface area contributed by atoms with Gasteiger partial charge < -0.3 is 0 Å². The van der Waals surface area contributed by atoms with Crippen molar-refractivity contribution in [3.8, 4) is 0 Å². The number of nitrogens with two attached hydrogens (primary N) is 1. The predicted octanol–water partition coefficient (Wildman–Crippen LogP) is 2.47.